The van der Waals surface area contributed by atoms with E-state index >= 15 is 0 Å². The highest BCUT2D eigenvalue weighted by Gasteiger charge is 2.33. The molecule has 1 N–H and O–H groups in total. The zero-order valence-electron chi connectivity index (χ0n) is 13.2. The van der Waals surface area contributed by atoms with Gasteiger partial charge in [-0.3, -0.25) is 4.79 Å². The van der Waals surface area contributed by atoms with E-state index in [4.69, 9.17) is 0 Å². The molecule has 2 atom stereocenters. The van der Waals surface area contributed by atoms with E-state index < -0.39 is 0 Å². The van der Waals surface area contributed by atoms with Crippen LogP contribution in [-0.2, 0) is 11.2 Å². The summed E-state index contributed by atoms with van der Waals surface area (Å²) in [4.78, 5) is 16.2. The van der Waals surface area contributed by atoms with Gasteiger partial charge in [-0.15, -0.1) is 11.3 Å². The van der Waals surface area contributed by atoms with Crippen LogP contribution in [0.2, 0.25) is 0 Å². The molecule has 0 bridgehead atoms. The molecule has 120 valence electrons. The van der Waals surface area contributed by atoms with Crippen molar-refractivity contribution in [3.8, 4) is 0 Å². The van der Waals surface area contributed by atoms with Gasteiger partial charge in [0.25, 0.3) is 0 Å². The number of fused-ring (bicyclic) bond motifs is 1. The van der Waals surface area contributed by atoms with Gasteiger partial charge in [-0.2, -0.15) is 0 Å². The molecule has 1 aromatic heterocycles. The maximum Gasteiger partial charge on any atom is 0.225 e. The normalized spacial score (nSPS) is 29.0. The van der Waals surface area contributed by atoms with Crippen molar-refractivity contribution in [3.63, 3.8) is 0 Å². The summed E-state index contributed by atoms with van der Waals surface area (Å²) in [7, 11) is 0. The standard InChI is InChI=1S/C18H26N2OS/c21-18(13-4-1-2-5-13)20-10-8-14(12-20)19-16-6-3-7-17-15(16)9-11-22-17/h9,11,13-14,16,19H,1-8,10,12H2/t14-,16+/m0/s1. The molecule has 4 rings (SSSR count). The first-order valence-electron chi connectivity index (χ1n) is 8.92. The van der Waals surface area contributed by atoms with Gasteiger partial charge in [0.2, 0.25) is 5.91 Å². The average Bonchev–Trinajstić information content (AvgIpc) is 3.28. The second-order valence-corrected chi connectivity index (χ2v) is 8.16. The van der Waals surface area contributed by atoms with Crippen molar-refractivity contribution in [2.24, 2.45) is 5.92 Å². The van der Waals surface area contributed by atoms with Gasteiger partial charge in [-0.1, -0.05) is 12.8 Å². The molecule has 0 spiro atoms. The first kappa shape index (κ1) is 14.7. The van der Waals surface area contributed by atoms with Crippen molar-refractivity contribution in [2.75, 3.05) is 13.1 Å². The number of likely N-dealkylation sites (tertiary alicyclic amines) is 1. The number of carbonyl (C=O) groups excluding carboxylic acids is 1. The van der Waals surface area contributed by atoms with Crippen LogP contribution in [0.1, 0.15) is 61.4 Å². The largest absolute Gasteiger partial charge is 0.341 e. The van der Waals surface area contributed by atoms with E-state index in [2.05, 4.69) is 21.7 Å². The second kappa shape index (κ2) is 6.32. The number of carbonyl (C=O) groups is 1. The van der Waals surface area contributed by atoms with E-state index in [9.17, 15) is 4.79 Å². The van der Waals surface area contributed by atoms with Crippen molar-refractivity contribution in [1.82, 2.24) is 10.2 Å². The minimum Gasteiger partial charge on any atom is -0.341 e. The van der Waals surface area contributed by atoms with Gasteiger partial charge in [0.15, 0.2) is 0 Å². The molecule has 3 nitrogen and oxygen atoms in total. The van der Waals surface area contributed by atoms with Gasteiger partial charge in [0.1, 0.15) is 0 Å². The van der Waals surface area contributed by atoms with Crippen molar-refractivity contribution < 1.29 is 4.79 Å². The van der Waals surface area contributed by atoms with Crippen molar-refractivity contribution in [1.29, 1.82) is 0 Å². The third kappa shape index (κ3) is 2.83. The maximum atomic E-state index is 12.5. The molecule has 2 heterocycles. The zero-order chi connectivity index (χ0) is 14.9. The van der Waals surface area contributed by atoms with Gasteiger partial charge in [-0.05, 0) is 55.5 Å². The second-order valence-electron chi connectivity index (χ2n) is 7.16. The van der Waals surface area contributed by atoms with Crippen LogP contribution in [0, 0.1) is 5.92 Å². The Labute approximate surface area is 137 Å². The van der Waals surface area contributed by atoms with Crippen LogP contribution in [-0.4, -0.2) is 29.9 Å². The maximum absolute atomic E-state index is 12.5. The quantitative estimate of drug-likeness (QED) is 0.925. The molecule has 3 aliphatic rings. The summed E-state index contributed by atoms with van der Waals surface area (Å²) >= 11 is 1.90. The highest BCUT2D eigenvalue weighted by molar-refractivity contribution is 7.10. The number of rotatable bonds is 3. The van der Waals surface area contributed by atoms with E-state index in [1.165, 1.54) is 37.7 Å². The predicted molar refractivity (Wildman–Crippen MR) is 90.1 cm³/mol. The third-order valence-corrected chi connectivity index (χ3v) is 6.69. The first-order valence-corrected chi connectivity index (χ1v) is 9.80. The lowest BCUT2D eigenvalue weighted by molar-refractivity contribution is -0.134. The highest BCUT2D eigenvalue weighted by Crippen LogP contribution is 2.34. The van der Waals surface area contributed by atoms with Crippen LogP contribution >= 0.6 is 11.3 Å². The molecule has 0 unspecified atom stereocenters. The number of amides is 1. The fourth-order valence-electron chi connectivity index (χ4n) is 4.47. The molecule has 2 aliphatic carbocycles. The number of hydrogen-bond donors (Lipinski definition) is 1. The Bertz CT molecular complexity index is 535. The van der Waals surface area contributed by atoms with E-state index in [1.54, 1.807) is 4.88 Å². The smallest absolute Gasteiger partial charge is 0.225 e. The molecular formula is C18H26N2OS. The van der Waals surface area contributed by atoms with Crippen LogP contribution in [0.3, 0.4) is 0 Å². The fraction of sp³-hybridized carbons (Fsp3) is 0.722. The van der Waals surface area contributed by atoms with Gasteiger partial charge in [0, 0.05) is 36.0 Å². The van der Waals surface area contributed by atoms with Crippen LogP contribution < -0.4 is 5.32 Å². The van der Waals surface area contributed by atoms with Crippen LogP contribution in [0.5, 0.6) is 0 Å². The molecule has 0 radical (unpaired) electrons. The summed E-state index contributed by atoms with van der Waals surface area (Å²) in [5, 5.41) is 6.08. The number of thiophene rings is 1. The number of nitrogens with zero attached hydrogens (tertiary/aromatic N) is 1. The number of nitrogens with one attached hydrogen (secondary N) is 1. The van der Waals surface area contributed by atoms with E-state index in [1.807, 2.05) is 11.3 Å². The summed E-state index contributed by atoms with van der Waals surface area (Å²) in [6.07, 6.45) is 9.64. The summed E-state index contributed by atoms with van der Waals surface area (Å²) < 4.78 is 0. The minimum absolute atomic E-state index is 0.330. The SMILES string of the molecule is O=C(C1CCCC1)N1CC[C@H](N[C@@H]2CCCc3sccc32)C1. The number of hydrogen-bond acceptors (Lipinski definition) is 3. The highest BCUT2D eigenvalue weighted by atomic mass is 32.1. The van der Waals surface area contributed by atoms with Crippen LogP contribution in [0.25, 0.3) is 0 Å². The molecule has 1 aliphatic heterocycles. The Balaban J connectivity index is 1.35. The number of aryl methyl sites for hydroxylation is 1. The molecular weight excluding hydrogens is 292 g/mol. The monoisotopic (exact) mass is 318 g/mol. The first-order chi connectivity index (χ1) is 10.8. The fourth-order valence-corrected chi connectivity index (χ4v) is 5.46. The summed E-state index contributed by atoms with van der Waals surface area (Å²) in [6, 6.07) is 3.30. The Hall–Kier alpha value is -0.870. The Kier molecular flexibility index (Phi) is 4.23. The van der Waals surface area contributed by atoms with Gasteiger partial charge in [0.05, 0.1) is 0 Å². The van der Waals surface area contributed by atoms with Crippen LogP contribution in [0.4, 0.5) is 0 Å². The summed E-state index contributed by atoms with van der Waals surface area (Å²) in [6.45, 7) is 1.88. The van der Waals surface area contributed by atoms with Crippen molar-refractivity contribution in [3.05, 3.63) is 21.9 Å². The lowest BCUT2D eigenvalue weighted by atomic mass is 9.93. The van der Waals surface area contributed by atoms with Gasteiger partial charge in [-0.25, -0.2) is 0 Å². The molecule has 22 heavy (non-hydrogen) atoms. The van der Waals surface area contributed by atoms with Crippen LogP contribution in [0.15, 0.2) is 11.4 Å². The summed E-state index contributed by atoms with van der Waals surface area (Å²) in [5.74, 6) is 0.763. The lowest BCUT2D eigenvalue weighted by Gasteiger charge is -2.27. The molecule has 2 fully saturated rings. The predicted octanol–water partition coefficient (Wildman–Crippen LogP) is 3.51. The molecule has 0 aromatic carbocycles. The third-order valence-electron chi connectivity index (χ3n) is 5.69. The Morgan fingerprint density at radius 2 is 2.05 bits per heavy atom. The van der Waals surface area contributed by atoms with E-state index in [0.29, 0.717) is 23.9 Å². The average molecular weight is 318 g/mol. The Morgan fingerprint density at radius 3 is 2.91 bits per heavy atom. The minimum atomic E-state index is 0.330. The van der Waals surface area contributed by atoms with Crippen molar-refractivity contribution >= 4 is 17.2 Å². The molecule has 1 saturated carbocycles. The zero-order valence-corrected chi connectivity index (χ0v) is 14.0. The van der Waals surface area contributed by atoms with E-state index in [-0.39, 0.29) is 0 Å². The lowest BCUT2D eigenvalue weighted by Crippen LogP contribution is -2.39. The summed E-state index contributed by atoms with van der Waals surface area (Å²) in [5.41, 5.74) is 1.52. The van der Waals surface area contributed by atoms with E-state index in [0.717, 1.165) is 32.4 Å². The topological polar surface area (TPSA) is 32.3 Å². The molecule has 1 aromatic rings. The molecule has 1 amide bonds. The van der Waals surface area contributed by atoms with Gasteiger partial charge >= 0.3 is 0 Å². The molecule has 4 heteroatoms. The Morgan fingerprint density at radius 1 is 1.18 bits per heavy atom. The van der Waals surface area contributed by atoms with Crippen molar-refractivity contribution in [2.45, 2.75) is 63.5 Å². The molecule has 1 saturated heterocycles. The van der Waals surface area contributed by atoms with Gasteiger partial charge < -0.3 is 10.2 Å².